The molecule has 1 aliphatic heterocycles. The summed E-state index contributed by atoms with van der Waals surface area (Å²) in [6, 6.07) is 4.85. The van der Waals surface area contributed by atoms with Crippen LogP contribution >= 0.6 is 11.6 Å². The number of nitrogens with zero attached hydrogens (tertiary/aromatic N) is 1. The zero-order valence-corrected chi connectivity index (χ0v) is 17.2. The van der Waals surface area contributed by atoms with E-state index >= 15 is 0 Å². The topological polar surface area (TPSA) is 49.4 Å². The van der Waals surface area contributed by atoms with Crippen LogP contribution in [0.4, 0.5) is 18.0 Å². The molecule has 0 saturated carbocycles. The van der Waals surface area contributed by atoms with Gasteiger partial charge in [0, 0.05) is 15.9 Å². The van der Waals surface area contributed by atoms with Gasteiger partial charge in [-0.05, 0) is 24.6 Å². The number of carbonyl (C=O) groups is 2. The molecule has 0 radical (unpaired) electrons. The van der Waals surface area contributed by atoms with E-state index in [-0.39, 0.29) is 11.7 Å². The molecule has 0 spiro atoms. The van der Waals surface area contributed by atoms with Crippen LogP contribution in [0.3, 0.4) is 0 Å². The van der Waals surface area contributed by atoms with Crippen LogP contribution in [0.25, 0.3) is 0 Å². The maximum Gasteiger partial charge on any atom is 0.436 e. The number of Topliss-reactive ketones (excluding diaryl/α,β-unsaturated/α-hetero) is 1. The molecule has 1 aliphatic carbocycles. The number of benzene rings is 1. The Morgan fingerprint density at radius 3 is 2.48 bits per heavy atom. The highest BCUT2D eigenvalue weighted by molar-refractivity contribution is 7.99. The van der Waals surface area contributed by atoms with Crippen LogP contribution in [0, 0.1) is 0 Å². The maximum atomic E-state index is 13.3. The van der Waals surface area contributed by atoms with Crippen molar-refractivity contribution in [2.24, 2.45) is 0 Å². The van der Waals surface area contributed by atoms with Crippen molar-refractivity contribution < 1.29 is 22.8 Å². The van der Waals surface area contributed by atoms with Crippen molar-refractivity contribution in [3.63, 3.8) is 0 Å². The second kappa shape index (κ2) is 7.91. The molecule has 0 fully saturated rings. The maximum absolute atomic E-state index is 13.3. The van der Waals surface area contributed by atoms with Gasteiger partial charge in [0.15, 0.2) is 11.6 Å². The summed E-state index contributed by atoms with van der Waals surface area (Å²) in [5.74, 6) is -0.310. The van der Waals surface area contributed by atoms with Crippen molar-refractivity contribution in [2.45, 2.75) is 24.6 Å². The normalized spacial score (nSPS) is 26.4. The molecule has 3 unspecified atom stereocenters. The zero-order valence-electron chi connectivity index (χ0n) is 15.7. The fourth-order valence-corrected chi connectivity index (χ4v) is 5.01. The molecule has 9 heteroatoms. The Morgan fingerprint density at radius 2 is 1.90 bits per heavy atom. The van der Waals surface area contributed by atoms with Gasteiger partial charge in [-0.2, -0.15) is 13.2 Å². The Labute approximate surface area is 174 Å². The van der Waals surface area contributed by atoms with Gasteiger partial charge in [-0.1, -0.05) is 48.0 Å². The van der Waals surface area contributed by atoms with E-state index in [9.17, 15) is 22.8 Å². The first-order valence-corrected chi connectivity index (χ1v) is 10.9. The first-order chi connectivity index (χ1) is 13.6. The number of hydrogen-bond donors (Lipinski definition) is 1. The van der Waals surface area contributed by atoms with E-state index in [1.54, 1.807) is 54.8 Å². The third-order valence-corrected chi connectivity index (χ3v) is 6.46. The number of carbonyl (C=O) groups excluding carboxylic acids is 2. The van der Waals surface area contributed by atoms with Crippen molar-refractivity contribution in [1.82, 2.24) is 10.2 Å². The number of halogens is 4. The molecule has 1 heterocycles. The summed E-state index contributed by atoms with van der Waals surface area (Å²) in [6.07, 6.45) is 3.59. The van der Waals surface area contributed by atoms with Crippen LogP contribution in [-0.2, 0) is 21.1 Å². The largest absolute Gasteiger partial charge is 0.436 e. The molecule has 3 atom stereocenters. The van der Waals surface area contributed by atoms with Crippen molar-refractivity contribution >= 4 is 34.3 Å². The highest BCUT2D eigenvalue weighted by Crippen LogP contribution is 2.37. The van der Waals surface area contributed by atoms with E-state index in [0.29, 0.717) is 15.5 Å². The van der Waals surface area contributed by atoms with Gasteiger partial charge < -0.3 is 5.32 Å². The second-order valence-electron chi connectivity index (χ2n) is 6.85. The number of urea groups is 1. The minimum Gasteiger partial charge on any atom is -0.330 e. The molecule has 0 bridgehead atoms. The number of alkyl halides is 3. The van der Waals surface area contributed by atoms with E-state index in [1.807, 2.05) is 0 Å². The minimum atomic E-state index is -4.63. The van der Waals surface area contributed by atoms with E-state index in [0.717, 1.165) is 5.41 Å². The minimum absolute atomic E-state index is 0.0546. The summed E-state index contributed by atoms with van der Waals surface area (Å²) < 4.78 is 40.0. The van der Waals surface area contributed by atoms with Crippen LogP contribution in [0.2, 0.25) is 5.02 Å². The predicted molar refractivity (Wildman–Crippen MR) is 109 cm³/mol. The lowest BCUT2D eigenvalue weighted by atomic mass is 9.69. The summed E-state index contributed by atoms with van der Waals surface area (Å²) in [4.78, 5) is 26.2. The van der Waals surface area contributed by atoms with Crippen LogP contribution in [0.5, 0.6) is 0 Å². The highest BCUT2D eigenvalue weighted by Gasteiger charge is 2.50. The number of hydrogen-bond acceptors (Lipinski definition) is 2. The smallest absolute Gasteiger partial charge is 0.330 e. The first kappa shape index (κ1) is 21.5. The van der Waals surface area contributed by atoms with Gasteiger partial charge in [-0.15, -0.1) is 0 Å². The Kier molecular flexibility index (Phi) is 5.87. The summed E-state index contributed by atoms with van der Waals surface area (Å²) in [5, 5.41) is 4.17. The Bertz CT molecular complexity index is 911. The molecule has 29 heavy (non-hydrogen) atoms. The van der Waals surface area contributed by atoms with Crippen LogP contribution in [0.1, 0.15) is 12.5 Å². The molecule has 3 rings (SSSR count). The third kappa shape index (κ3) is 4.09. The second-order valence-corrected chi connectivity index (χ2v) is 9.16. The molecular weight excluding hydrogens is 425 g/mol. The molecular formula is C20H19ClF3N2O2S+. The number of amides is 2. The average molecular weight is 444 g/mol. The standard InChI is InChI=1S/C20H18ClF3N2O2S/c1-13(27)19(14-6-8-15(21)9-7-14)10-4-3-5-16(19)25-18(28)26-12-29(2)11-17(26)20(22,23)24/h3-11,16H,12H2,1-2H3/p+1. The molecule has 2 amide bonds. The molecule has 2 aliphatic rings. The van der Waals surface area contributed by atoms with Crippen molar-refractivity contribution in [2.75, 3.05) is 12.1 Å². The molecule has 1 aromatic rings. The summed E-state index contributed by atoms with van der Waals surface area (Å²) in [5.41, 5.74) is -1.63. The molecule has 0 saturated heterocycles. The summed E-state index contributed by atoms with van der Waals surface area (Å²) >= 11 is 5.95. The molecule has 154 valence electrons. The Morgan fingerprint density at radius 1 is 1.24 bits per heavy atom. The van der Waals surface area contributed by atoms with Gasteiger partial charge in [-0.25, -0.2) is 9.69 Å². The number of ketones is 1. The van der Waals surface area contributed by atoms with E-state index in [4.69, 9.17) is 11.6 Å². The van der Waals surface area contributed by atoms with Crippen LogP contribution in [-0.4, -0.2) is 41.1 Å². The van der Waals surface area contributed by atoms with Gasteiger partial charge in [-0.3, -0.25) is 4.79 Å². The lowest BCUT2D eigenvalue weighted by Gasteiger charge is -2.38. The van der Waals surface area contributed by atoms with Crippen LogP contribution < -0.4 is 5.32 Å². The zero-order chi connectivity index (χ0) is 21.4. The van der Waals surface area contributed by atoms with E-state index in [1.165, 1.54) is 6.92 Å². The number of allylic oxidation sites excluding steroid dienone is 3. The Balaban J connectivity index is 1.94. The van der Waals surface area contributed by atoms with Gasteiger partial charge in [0.25, 0.3) is 0 Å². The predicted octanol–water partition coefficient (Wildman–Crippen LogP) is 4.30. The van der Waals surface area contributed by atoms with E-state index < -0.39 is 40.3 Å². The van der Waals surface area contributed by atoms with Gasteiger partial charge >= 0.3 is 12.2 Å². The summed E-state index contributed by atoms with van der Waals surface area (Å²) in [6.45, 7) is 1.39. The number of rotatable bonds is 3. The van der Waals surface area contributed by atoms with Crippen molar-refractivity contribution in [3.8, 4) is 0 Å². The molecule has 1 N–H and O–H groups in total. The van der Waals surface area contributed by atoms with Crippen molar-refractivity contribution in [3.05, 3.63) is 70.3 Å². The molecule has 0 aromatic heterocycles. The van der Waals surface area contributed by atoms with Gasteiger partial charge in [0.1, 0.15) is 17.4 Å². The van der Waals surface area contributed by atoms with Crippen LogP contribution in [0.15, 0.2) is 59.7 Å². The molecule has 4 nitrogen and oxygen atoms in total. The van der Waals surface area contributed by atoms with Gasteiger partial charge in [0.2, 0.25) is 0 Å². The first-order valence-electron chi connectivity index (χ1n) is 8.67. The average Bonchev–Trinajstić information content (AvgIpc) is 3.05. The fourth-order valence-electron chi connectivity index (χ4n) is 3.50. The van der Waals surface area contributed by atoms with Gasteiger partial charge in [0.05, 0.1) is 11.5 Å². The lowest BCUT2D eigenvalue weighted by molar-refractivity contribution is -0.121. The Hall–Kier alpha value is -2.19. The lowest BCUT2D eigenvalue weighted by Crippen LogP contribution is -2.56. The monoisotopic (exact) mass is 443 g/mol. The molecule has 1 aromatic carbocycles. The van der Waals surface area contributed by atoms with E-state index in [2.05, 4.69) is 5.32 Å². The van der Waals surface area contributed by atoms with Crippen molar-refractivity contribution in [1.29, 1.82) is 0 Å². The number of nitrogens with one attached hydrogen (secondary N) is 1. The SMILES string of the molecule is CC(=O)C1(c2ccc(Cl)cc2)C=CC=CC1NC(=O)N1C[S+](C)C=C1C(F)(F)F. The quantitative estimate of drug-likeness (QED) is 0.708. The fraction of sp³-hybridized carbons (Fsp3) is 0.300. The third-order valence-electron chi connectivity index (χ3n) is 4.92. The highest BCUT2D eigenvalue weighted by atomic mass is 35.5. The summed E-state index contributed by atoms with van der Waals surface area (Å²) in [7, 11) is -0.704.